The Morgan fingerprint density at radius 3 is 3.00 bits per heavy atom. The molecular weight excluding hydrogens is 220 g/mol. The number of halogens is 1. The number of pyridine rings is 1. The molecule has 0 aliphatic carbocycles. The summed E-state index contributed by atoms with van der Waals surface area (Å²) in [5.74, 6) is 0. The Labute approximate surface area is 79.7 Å². The highest BCUT2D eigenvalue weighted by molar-refractivity contribution is 9.10. The fourth-order valence-corrected chi connectivity index (χ4v) is 1.51. The molecule has 3 nitrogen and oxygen atoms in total. The Hall–Kier alpha value is -0.450. The van der Waals surface area contributed by atoms with Crippen LogP contribution < -0.4 is 5.73 Å². The van der Waals surface area contributed by atoms with Crippen molar-refractivity contribution in [2.24, 2.45) is 5.73 Å². The number of aromatic nitrogens is 1. The maximum Gasteiger partial charge on any atom is 0.110 e. The van der Waals surface area contributed by atoms with Crippen LogP contribution in [-0.4, -0.2) is 16.7 Å². The predicted octanol–water partition coefficient (Wildman–Crippen LogP) is 1.23. The Bertz CT molecular complexity index is 255. The van der Waals surface area contributed by atoms with Crippen LogP contribution in [0.25, 0.3) is 0 Å². The van der Waals surface area contributed by atoms with Crippen LogP contribution in [0, 0.1) is 0 Å². The first-order valence-electron chi connectivity index (χ1n) is 3.72. The lowest BCUT2D eigenvalue weighted by atomic mass is 10.1. The molecule has 66 valence electrons. The van der Waals surface area contributed by atoms with Gasteiger partial charge in [0.15, 0.2) is 0 Å². The van der Waals surface area contributed by atoms with Crippen LogP contribution in [0.1, 0.15) is 18.0 Å². The smallest absolute Gasteiger partial charge is 0.110 e. The number of nitrogens with two attached hydrogens (primary N) is 1. The minimum atomic E-state index is -0.141. The topological polar surface area (TPSA) is 59.1 Å². The van der Waals surface area contributed by atoms with E-state index in [2.05, 4.69) is 20.9 Å². The van der Waals surface area contributed by atoms with Gasteiger partial charge in [0, 0.05) is 24.4 Å². The number of aliphatic hydroxyl groups is 1. The average Bonchev–Trinajstić information content (AvgIpc) is 2.05. The maximum absolute atomic E-state index is 8.67. The molecule has 0 aliphatic heterocycles. The number of rotatable bonds is 3. The molecule has 1 heterocycles. The number of hydrogen-bond acceptors (Lipinski definition) is 3. The van der Waals surface area contributed by atoms with E-state index in [0.717, 1.165) is 10.2 Å². The summed E-state index contributed by atoms with van der Waals surface area (Å²) in [4.78, 5) is 4.04. The maximum atomic E-state index is 8.67. The molecule has 1 aromatic heterocycles. The second kappa shape index (κ2) is 4.54. The van der Waals surface area contributed by atoms with Crippen molar-refractivity contribution >= 4 is 15.9 Å². The van der Waals surface area contributed by atoms with E-state index in [0.29, 0.717) is 6.42 Å². The highest BCUT2D eigenvalue weighted by Gasteiger charge is 2.08. The molecule has 3 N–H and O–H groups in total. The van der Waals surface area contributed by atoms with Crippen molar-refractivity contribution in [2.45, 2.75) is 12.5 Å². The summed E-state index contributed by atoms with van der Waals surface area (Å²) in [7, 11) is 0. The second-order valence-corrected chi connectivity index (χ2v) is 3.25. The minimum Gasteiger partial charge on any atom is -0.396 e. The van der Waals surface area contributed by atoms with E-state index >= 15 is 0 Å². The van der Waals surface area contributed by atoms with Crippen LogP contribution in [0.5, 0.6) is 0 Å². The molecule has 0 saturated heterocycles. The Kier molecular flexibility index (Phi) is 3.65. The van der Waals surface area contributed by atoms with Gasteiger partial charge in [0.05, 0.1) is 0 Å². The highest BCUT2D eigenvalue weighted by Crippen LogP contribution is 2.20. The molecular formula is C8H11BrN2O. The highest BCUT2D eigenvalue weighted by atomic mass is 79.9. The van der Waals surface area contributed by atoms with Crippen molar-refractivity contribution in [1.29, 1.82) is 0 Å². The van der Waals surface area contributed by atoms with Crippen LogP contribution in [0.4, 0.5) is 0 Å². The third-order valence-electron chi connectivity index (χ3n) is 1.63. The summed E-state index contributed by atoms with van der Waals surface area (Å²) >= 11 is 3.29. The molecule has 1 atom stereocenters. The Balaban J connectivity index is 2.79. The van der Waals surface area contributed by atoms with Crippen molar-refractivity contribution in [2.75, 3.05) is 6.61 Å². The largest absolute Gasteiger partial charge is 0.396 e. The SMILES string of the molecule is N[C@@H](CCO)c1cccnc1Br. The lowest BCUT2D eigenvalue weighted by molar-refractivity contribution is 0.276. The molecule has 0 amide bonds. The monoisotopic (exact) mass is 230 g/mol. The molecule has 12 heavy (non-hydrogen) atoms. The summed E-state index contributed by atoms with van der Waals surface area (Å²) in [6.45, 7) is 0.0997. The van der Waals surface area contributed by atoms with E-state index in [-0.39, 0.29) is 12.6 Å². The van der Waals surface area contributed by atoms with Crippen molar-refractivity contribution in [3.63, 3.8) is 0 Å². The third kappa shape index (κ3) is 2.27. The quantitative estimate of drug-likeness (QED) is 0.769. The van der Waals surface area contributed by atoms with Crippen molar-refractivity contribution in [3.05, 3.63) is 28.5 Å². The van der Waals surface area contributed by atoms with Crippen molar-refractivity contribution in [3.8, 4) is 0 Å². The van der Waals surface area contributed by atoms with Gasteiger partial charge in [0.1, 0.15) is 4.60 Å². The second-order valence-electron chi connectivity index (χ2n) is 2.50. The van der Waals surface area contributed by atoms with Gasteiger partial charge in [-0.25, -0.2) is 4.98 Å². The minimum absolute atomic E-state index is 0.0997. The van der Waals surface area contributed by atoms with E-state index in [9.17, 15) is 0 Å². The lowest BCUT2D eigenvalue weighted by Crippen LogP contribution is -2.12. The molecule has 1 aromatic rings. The van der Waals surface area contributed by atoms with E-state index in [1.165, 1.54) is 0 Å². The fourth-order valence-electron chi connectivity index (χ4n) is 0.970. The normalized spacial score (nSPS) is 12.9. The summed E-state index contributed by atoms with van der Waals surface area (Å²) in [5, 5.41) is 8.67. The van der Waals surface area contributed by atoms with E-state index in [1.54, 1.807) is 6.20 Å². The molecule has 0 aliphatic rings. The summed E-state index contributed by atoms with van der Waals surface area (Å²) < 4.78 is 0.756. The van der Waals surface area contributed by atoms with Crippen LogP contribution in [0.15, 0.2) is 22.9 Å². The van der Waals surface area contributed by atoms with Crippen LogP contribution >= 0.6 is 15.9 Å². The standard InChI is InChI=1S/C8H11BrN2O/c9-8-6(2-1-4-11-8)7(10)3-5-12/h1-2,4,7,12H,3,5,10H2/t7-/m0/s1. The molecule has 0 fully saturated rings. The van der Waals surface area contributed by atoms with Crippen LogP contribution in [0.3, 0.4) is 0 Å². The van der Waals surface area contributed by atoms with Gasteiger partial charge in [0.25, 0.3) is 0 Å². The van der Waals surface area contributed by atoms with Crippen LogP contribution in [-0.2, 0) is 0 Å². The number of hydrogen-bond donors (Lipinski definition) is 2. The molecule has 0 spiro atoms. The first-order valence-corrected chi connectivity index (χ1v) is 4.52. The van der Waals surface area contributed by atoms with Gasteiger partial charge in [-0.3, -0.25) is 0 Å². The average molecular weight is 231 g/mol. The molecule has 0 bridgehead atoms. The zero-order valence-corrected chi connectivity index (χ0v) is 8.16. The summed E-state index contributed by atoms with van der Waals surface area (Å²) in [6, 6.07) is 3.59. The summed E-state index contributed by atoms with van der Waals surface area (Å²) in [6.07, 6.45) is 2.25. The van der Waals surface area contributed by atoms with Gasteiger partial charge in [-0.05, 0) is 28.4 Å². The Morgan fingerprint density at radius 2 is 2.42 bits per heavy atom. The molecule has 1 rings (SSSR count). The molecule has 0 saturated carbocycles. The van der Waals surface area contributed by atoms with Gasteiger partial charge < -0.3 is 10.8 Å². The number of aliphatic hydroxyl groups excluding tert-OH is 1. The van der Waals surface area contributed by atoms with Crippen molar-refractivity contribution < 1.29 is 5.11 Å². The Morgan fingerprint density at radius 1 is 1.67 bits per heavy atom. The van der Waals surface area contributed by atoms with Gasteiger partial charge in [-0.2, -0.15) is 0 Å². The zero-order chi connectivity index (χ0) is 8.97. The van der Waals surface area contributed by atoms with Crippen molar-refractivity contribution in [1.82, 2.24) is 4.98 Å². The van der Waals surface area contributed by atoms with E-state index < -0.39 is 0 Å². The van der Waals surface area contributed by atoms with Gasteiger partial charge in [-0.1, -0.05) is 6.07 Å². The van der Waals surface area contributed by atoms with Gasteiger partial charge >= 0.3 is 0 Å². The van der Waals surface area contributed by atoms with Gasteiger partial charge in [0.2, 0.25) is 0 Å². The fraction of sp³-hybridized carbons (Fsp3) is 0.375. The lowest BCUT2D eigenvalue weighted by Gasteiger charge is -2.10. The van der Waals surface area contributed by atoms with E-state index in [4.69, 9.17) is 10.8 Å². The number of nitrogens with zero attached hydrogens (tertiary/aromatic N) is 1. The predicted molar refractivity (Wildman–Crippen MR) is 50.6 cm³/mol. The molecule has 4 heteroatoms. The molecule has 0 radical (unpaired) electrons. The molecule has 0 unspecified atom stereocenters. The summed E-state index contributed by atoms with van der Waals surface area (Å²) in [5.41, 5.74) is 6.71. The third-order valence-corrected chi connectivity index (χ3v) is 2.29. The zero-order valence-electron chi connectivity index (χ0n) is 6.57. The van der Waals surface area contributed by atoms with Crippen LogP contribution in [0.2, 0.25) is 0 Å². The van der Waals surface area contributed by atoms with E-state index in [1.807, 2.05) is 12.1 Å². The molecule has 0 aromatic carbocycles. The first-order chi connectivity index (χ1) is 5.75. The van der Waals surface area contributed by atoms with Gasteiger partial charge in [-0.15, -0.1) is 0 Å². The first kappa shape index (κ1) is 9.64.